The summed E-state index contributed by atoms with van der Waals surface area (Å²) >= 11 is 0. The molecule has 0 atom stereocenters. The van der Waals surface area contributed by atoms with Crippen molar-refractivity contribution in [1.29, 1.82) is 0 Å². The second-order valence-electron chi connectivity index (χ2n) is 6.36. The molecule has 0 aliphatic rings. The van der Waals surface area contributed by atoms with Crippen molar-refractivity contribution in [3.8, 4) is 11.5 Å². The highest BCUT2D eigenvalue weighted by atomic mass is 28.4. The molecule has 1 aromatic carbocycles. The molecule has 0 amide bonds. The van der Waals surface area contributed by atoms with Gasteiger partial charge in [0, 0.05) is 0 Å². The number of ether oxygens (including phenoxy) is 1. The summed E-state index contributed by atoms with van der Waals surface area (Å²) in [6.07, 6.45) is 0. The van der Waals surface area contributed by atoms with E-state index in [0.717, 1.165) is 0 Å². The second kappa shape index (κ2) is 5.89. The van der Waals surface area contributed by atoms with E-state index in [2.05, 4.69) is 20.8 Å². The van der Waals surface area contributed by atoms with Crippen LogP contribution in [-0.2, 0) is 4.79 Å². The van der Waals surface area contributed by atoms with Crippen LogP contribution in [0.2, 0.25) is 18.1 Å². The highest BCUT2D eigenvalue weighted by Gasteiger charge is 2.40. The number of methoxy groups -OCH3 is 1. The van der Waals surface area contributed by atoms with Gasteiger partial charge in [-0.3, -0.25) is 4.79 Å². The van der Waals surface area contributed by atoms with Gasteiger partial charge in [-0.1, -0.05) is 20.8 Å². The van der Waals surface area contributed by atoms with Crippen LogP contribution in [-0.4, -0.2) is 32.3 Å². The molecule has 0 aliphatic carbocycles. The zero-order valence-corrected chi connectivity index (χ0v) is 14.3. The smallest absolute Gasteiger partial charge is 0.377 e. The first-order valence-corrected chi connectivity index (χ1v) is 9.55. The molecule has 0 heterocycles. The van der Waals surface area contributed by atoms with Gasteiger partial charge < -0.3 is 14.3 Å². The van der Waals surface area contributed by atoms with Crippen molar-refractivity contribution in [3.63, 3.8) is 0 Å². The van der Waals surface area contributed by atoms with Crippen LogP contribution in [0.25, 0.3) is 0 Å². The molecule has 0 saturated heterocycles. The summed E-state index contributed by atoms with van der Waals surface area (Å²) in [5.41, 5.74) is 0.0201. The third kappa shape index (κ3) is 3.84. The Kier molecular flexibility index (Phi) is 4.83. The molecule has 0 radical (unpaired) electrons. The average Bonchev–Trinajstić information content (AvgIpc) is 2.36. The van der Waals surface area contributed by atoms with Crippen molar-refractivity contribution < 1.29 is 23.9 Å². The fourth-order valence-electron chi connectivity index (χ4n) is 1.45. The number of carboxylic acid groups (broad SMARTS) is 1. The highest BCUT2D eigenvalue weighted by Crippen LogP contribution is 2.38. The van der Waals surface area contributed by atoms with Gasteiger partial charge in [0.05, 0.1) is 12.7 Å². The molecule has 5 nitrogen and oxygen atoms in total. The van der Waals surface area contributed by atoms with Gasteiger partial charge >= 0.3 is 5.97 Å². The maximum absolute atomic E-state index is 11.8. The van der Waals surface area contributed by atoms with Crippen molar-refractivity contribution >= 4 is 20.1 Å². The summed E-state index contributed by atoms with van der Waals surface area (Å²) in [5, 5.41) is 8.89. The number of hydrogen-bond acceptors (Lipinski definition) is 4. The number of hydrogen-bond donors (Lipinski definition) is 1. The first-order valence-electron chi connectivity index (χ1n) is 6.64. The van der Waals surface area contributed by atoms with Gasteiger partial charge in [-0.2, -0.15) is 0 Å². The number of carbonyl (C=O) groups excluding carboxylic acids is 1. The maximum Gasteiger partial charge on any atom is 0.377 e. The van der Waals surface area contributed by atoms with Crippen LogP contribution in [0.4, 0.5) is 0 Å². The molecule has 1 rings (SSSR count). The van der Waals surface area contributed by atoms with E-state index in [1.54, 1.807) is 12.1 Å². The van der Waals surface area contributed by atoms with Gasteiger partial charge in [-0.25, -0.2) is 4.79 Å². The summed E-state index contributed by atoms with van der Waals surface area (Å²) < 4.78 is 11.1. The quantitative estimate of drug-likeness (QED) is 0.513. The summed E-state index contributed by atoms with van der Waals surface area (Å²) in [5.74, 6) is -1.79. The standard InChI is InChI=1S/C15H22O5Si/c1-15(2,3)21(5,6)20-12-8-7-10(19-4)9-11(12)13(16)14(17)18/h7-9H,1-6H3,(H,17,18). The Balaban J connectivity index is 3.30. The lowest BCUT2D eigenvalue weighted by Gasteiger charge is -2.36. The van der Waals surface area contributed by atoms with Crippen LogP contribution < -0.4 is 9.16 Å². The Bertz CT molecular complexity index is 558. The number of carboxylic acids is 1. The number of aliphatic carboxylic acids is 1. The minimum Gasteiger partial charge on any atom is -0.543 e. The molecule has 6 heteroatoms. The Labute approximate surface area is 126 Å². The Morgan fingerprint density at radius 1 is 1.19 bits per heavy atom. The fraction of sp³-hybridized carbons (Fsp3) is 0.467. The molecule has 0 unspecified atom stereocenters. The Morgan fingerprint density at radius 3 is 2.19 bits per heavy atom. The van der Waals surface area contributed by atoms with Crippen LogP contribution in [0.3, 0.4) is 0 Å². The van der Waals surface area contributed by atoms with Gasteiger partial charge in [0.15, 0.2) is 0 Å². The number of Topliss-reactive ketones (excluding diaryl/α,β-unsaturated/α-hetero) is 1. The summed E-state index contributed by atoms with van der Waals surface area (Å²) in [4.78, 5) is 22.8. The molecule has 0 fully saturated rings. The minimum atomic E-state index is -2.17. The summed E-state index contributed by atoms with van der Waals surface area (Å²) in [6.45, 7) is 10.3. The Hall–Kier alpha value is -1.82. The van der Waals surface area contributed by atoms with E-state index in [1.807, 2.05) is 13.1 Å². The number of carbonyl (C=O) groups is 2. The number of benzene rings is 1. The van der Waals surface area contributed by atoms with Gasteiger partial charge in [0.1, 0.15) is 11.5 Å². The minimum absolute atomic E-state index is 0.0201. The van der Waals surface area contributed by atoms with Gasteiger partial charge in [0.2, 0.25) is 0 Å². The monoisotopic (exact) mass is 310 g/mol. The molecule has 0 spiro atoms. The predicted octanol–water partition coefficient (Wildman–Crippen LogP) is 3.35. The number of rotatable bonds is 5. The lowest BCUT2D eigenvalue weighted by Crippen LogP contribution is -2.44. The van der Waals surface area contributed by atoms with Gasteiger partial charge in [0.25, 0.3) is 14.1 Å². The van der Waals surface area contributed by atoms with Crippen molar-refractivity contribution in [2.24, 2.45) is 0 Å². The SMILES string of the molecule is COc1ccc(O[Si](C)(C)C(C)(C)C)c(C(=O)C(=O)O)c1. The molecular weight excluding hydrogens is 288 g/mol. The first kappa shape index (κ1) is 17.2. The van der Waals surface area contributed by atoms with E-state index < -0.39 is 20.1 Å². The molecule has 0 aromatic heterocycles. The van der Waals surface area contributed by atoms with Crippen LogP contribution in [0.15, 0.2) is 18.2 Å². The lowest BCUT2D eigenvalue weighted by molar-refractivity contribution is -0.131. The normalized spacial score (nSPS) is 11.9. The van der Waals surface area contributed by atoms with E-state index in [0.29, 0.717) is 11.5 Å². The van der Waals surface area contributed by atoms with E-state index in [9.17, 15) is 9.59 Å². The first-order chi connectivity index (χ1) is 9.49. The van der Waals surface area contributed by atoms with Crippen LogP contribution in [0.1, 0.15) is 31.1 Å². The molecule has 0 saturated carbocycles. The van der Waals surface area contributed by atoms with E-state index in [4.69, 9.17) is 14.3 Å². The fourth-order valence-corrected chi connectivity index (χ4v) is 2.48. The Morgan fingerprint density at radius 2 is 1.76 bits per heavy atom. The molecule has 1 N–H and O–H groups in total. The maximum atomic E-state index is 11.8. The van der Waals surface area contributed by atoms with Crippen molar-refractivity contribution in [3.05, 3.63) is 23.8 Å². The van der Waals surface area contributed by atoms with E-state index in [-0.39, 0.29) is 10.6 Å². The topological polar surface area (TPSA) is 72.8 Å². The molecule has 0 aliphatic heterocycles. The van der Waals surface area contributed by atoms with Crippen molar-refractivity contribution in [2.45, 2.75) is 38.9 Å². The molecule has 1 aromatic rings. The van der Waals surface area contributed by atoms with Crippen LogP contribution in [0.5, 0.6) is 11.5 Å². The summed E-state index contributed by atoms with van der Waals surface area (Å²) in [6, 6.07) is 4.65. The zero-order chi connectivity index (χ0) is 16.4. The average molecular weight is 310 g/mol. The van der Waals surface area contributed by atoms with Crippen LogP contribution in [0, 0.1) is 0 Å². The third-order valence-electron chi connectivity index (χ3n) is 3.80. The van der Waals surface area contributed by atoms with Gasteiger partial charge in [-0.05, 0) is 36.3 Å². The molecule has 116 valence electrons. The highest BCUT2D eigenvalue weighted by molar-refractivity contribution is 6.74. The predicted molar refractivity (Wildman–Crippen MR) is 82.8 cm³/mol. The lowest BCUT2D eigenvalue weighted by atomic mass is 10.1. The second-order valence-corrected chi connectivity index (χ2v) is 11.1. The third-order valence-corrected chi connectivity index (χ3v) is 8.14. The van der Waals surface area contributed by atoms with E-state index in [1.165, 1.54) is 13.2 Å². The molecule has 0 bridgehead atoms. The van der Waals surface area contributed by atoms with E-state index >= 15 is 0 Å². The molecule has 21 heavy (non-hydrogen) atoms. The largest absolute Gasteiger partial charge is 0.543 e. The van der Waals surface area contributed by atoms with Crippen molar-refractivity contribution in [1.82, 2.24) is 0 Å². The van der Waals surface area contributed by atoms with Gasteiger partial charge in [-0.15, -0.1) is 0 Å². The van der Waals surface area contributed by atoms with Crippen molar-refractivity contribution in [2.75, 3.05) is 7.11 Å². The zero-order valence-electron chi connectivity index (χ0n) is 13.3. The van der Waals surface area contributed by atoms with Crippen LogP contribution >= 0.6 is 0 Å². The summed E-state index contributed by atoms with van der Waals surface area (Å²) in [7, 11) is -0.714. The molecular formula is C15H22O5Si. The number of ketones is 1.